The van der Waals surface area contributed by atoms with E-state index in [-0.39, 0.29) is 0 Å². The monoisotopic (exact) mass is 261 g/mol. The third-order valence-corrected chi connectivity index (χ3v) is 4.13. The molecule has 1 fully saturated rings. The van der Waals surface area contributed by atoms with Crippen molar-refractivity contribution >= 4 is 22.5 Å². The van der Waals surface area contributed by atoms with Crippen LogP contribution in [0, 0.1) is 0 Å². The molecule has 2 heteroatoms. The van der Waals surface area contributed by atoms with Crippen molar-refractivity contribution in [2.24, 2.45) is 0 Å². The Morgan fingerprint density at radius 3 is 2.82 bits per heavy atom. The van der Waals surface area contributed by atoms with Gasteiger partial charge in [-0.1, -0.05) is 0 Å². The van der Waals surface area contributed by atoms with Crippen molar-refractivity contribution in [2.45, 2.75) is 49.1 Å². The molecule has 1 atom stereocenters. The molecule has 0 bridgehead atoms. The molecule has 0 aromatic carbocycles. The number of hydrogen-bond donors (Lipinski definition) is 0. The summed E-state index contributed by atoms with van der Waals surface area (Å²) < 4.78 is 6.13. The minimum atomic E-state index is 0.320. The fourth-order valence-electron chi connectivity index (χ4n) is 1.51. The van der Waals surface area contributed by atoms with E-state index in [1.54, 1.807) is 22.5 Å². The third-order valence-electron chi connectivity index (χ3n) is 2.29. The van der Waals surface area contributed by atoms with Crippen LogP contribution in [0.3, 0.4) is 0 Å². The average Bonchev–Trinajstić information content (AvgIpc) is 2.03. The topological polar surface area (TPSA) is 9.23 Å². The molecule has 0 aromatic heterocycles. The van der Waals surface area contributed by atoms with E-state index in [0.29, 0.717) is 3.62 Å². The van der Waals surface area contributed by atoms with Gasteiger partial charge in [-0.15, -0.1) is 0 Å². The molecular weight excluding hydrogens is 243 g/mol. The number of ether oxygens (including phenoxy) is 1. The molecule has 0 aliphatic carbocycles. The predicted octanol–water partition coefficient (Wildman–Crippen LogP) is 2.24. The van der Waals surface area contributed by atoms with Crippen molar-refractivity contribution in [1.29, 1.82) is 0 Å². The van der Waals surface area contributed by atoms with E-state index in [1.165, 1.54) is 38.5 Å². The standard InChI is InChI=1S/C9H17O.Sn/c1-2-3-6-9-7-4-5-8-10-9;/h2-8H2,1H3;. The SMILES string of the molecule is CCCC[C]1([Sn])CCCCO1. The summed E-state index contributed by atoms with van der Waals surface area (Å²) in [5, 5.41) is 0. The number of unbranched alkanes of at least 4 members (excludes halogenated alkanes) is 1. The Kier molecular flexibility index (Phi) is 4.21. The van der Waals surface area contributed by atoms with Crippen LogP contribution < -0.4 is 0 Å². The van der Waals surface area contributed by atoms with Crippen molar-refractivity contribution in [3.8, 4) is 0 Å². The Morgan fingerprint density at radius 1 is 1.45 bits per heavy atom. The first-order chi connectivity index (χ1) is 5.27. The summed E-state index contributed by atoms with van der Waals surface area (Å²) >= 11 is 1.59. The van der Waals surface area contributed by atoms with Gasteiger partial charge in [-0.05, 0) is 0 Å². The molecule has 63 valence electrons. The molecular formula is C9H17OSn. The molecule has 1 rings (SSSR count). The Bertz CT molecular complexity index is 108. The molecule has 1 heterocycles. The normalized spacial score (nSPS) is 32.2. The van der Waals surface area contributed by atoms with Gasteiger partial charge >= 0.3 is 82.9 Å². The van der Waals surface area contributed by atoms with Crippen molar-refractivity contribution in [2.75, 3.05) is 6.61 Å². The van der Waals surface area contributed by atoms with Crippen LogP contribution >= 0.6 is 0 Å². The van der Waals surface area contributed by atoms with Gasteiger partial charge in [-0.2, -0.15) is 0 Å². The van der Waals surface area contributed by atoms with Crippen LogP contribution in [0.5, 0.6) is 0 Å². The van der Waals surface area contributed by atoms with Crippen LogP contribution in [0.1, 0.15) is 45.4 Å². The van der Waals surface area contributed by atoms with Gasteiger partial charge in [0.05, 0.1) is 0 Å². The quantitative estimate of drug-likeness (QED) is 0.707. The molecule has 11 heavy (non-hydrogen) atoms. The Hall–Kier alpha value is 0.759. The summed E-state index contributed by atoms with van der Waals surface area (Å²) in [6.45, 7) is 3.26. The molecule has 0 amide bonds. The van der Waals surface area contributed by atoms with Gasteiger partial charge in [-0.25, -0.2) is 0 Å². The van der Waals surface area contributed by atoms with E-state index in [1.807, 2.05) is 0 Å². The molecule has 0 aromatic rings. The van der Waals surface area contributed by atoms with Gasteiger partial charge in [0, 0.05) is 0 Å². The summed E-state index contributed by atoms with van der Waals surface area (Å²) in [5.41, 5.74) is 0. The van der Waals surface area contributed by atoms with Crippen LogP contribution in [-0.2, 0) is 4.74 Å². The molecule has 1 aliphatic heterocycles. The number of hydrogen-bond acceptors (Lipinski definition) is 1. The third kappa shape index (κ3) is 3.32. The summed E-state index contributed by atoms with van der Waals surface area (Å²) in [6.07, 6.45) is 7.91. The van der Waals surface area contributed by atoms with Crippen LogP contribution in [-0.4, -0.2) is 32.7 Å². The molecule has 1 unspecified atom stereocenters. The fourth-order valence-corrected chi connectivity index (χ4v) is 2.81. The van der Waals surface area contributed by atoms with Crippen molar-refractivity contribution in [1.82, 2.24) is 0 Å². The Balaban J connectivity index is 2.25. The van der Waals surface area contributed by atoms with E-state index in [4.69, 9.17) is 4.74 Å². The van der Waals surface area contributed by atoms with Gasteiger partial charge < -0.3 is 0 Å². The molecule has 3 radical (unpaired) electrons. The zero-order valence-electron chi connectivity index (χ0n) is 7.36. The second-order valence-corrected chi connectivity index (χ2v) is 6.00. The zero-order valence-corrected chi connectivity index (χ0v) is 10.2. The van der Waals surface area contributed by atoms with E-state index < -0.39 is 0 Å². The van der Waals surface area contributed by atoms with Crippen molar-refractivity contribution < 1.29 is 4.74 Å². The number of rotatable bonds is 3. The van der Waals surface area contributed by atoms with Crippen molar-refractivity contribution in [3.05, 3.63) is 0 Å². The van der Waals surface area contributed by atoms with Crippen LogP contribution in [0.15, 0.2) is 0 Å². The summed E-state index contributed by atoms with van der Waals surface area (Å²) in [5.74, 6) is 0. The molecule has 1 saturated heterocycles. The van der Waals surface area contributed by atoms with E-state index >= 15 is 0 Å². The molecule has 0 saturated carbocycles. The second kappa shape index (κ2) is 4.70. The second-order valence-electron chi connectivity index (χ2n) is 3.40. The molecule has 1 nitrogen and oxygen atoms in total. The first-order valence-corrected chi connectivity index (χ1v) is 6.08. The fraction of sp³-hybridized carbons (Fsp3) is 1.00. The first kappa shape index (κ1) is 9.84. The van der Waals surface area contributed by atoms with E-state index in [9.17, 15) is 0 Å². The summed E-state index contributed by atoms with van der Waals surface area (Å²) in [7, 11) is 0. The van der Waals surface area contributed by atoms with Gasteiger partial charge in [0.15, 0.2) is 0 Å². The van der Waals surface area contributed by atoms with Crippen molar-refractivity contribution in [3.63, 3.8) is 0 Å². The Morgan fingerprint density at radius 2 is 2.27 bits per heavy atom. The van der Waals surface area contributed by atoms with Gasteiger partial charge in [0.1, 0.15) is 0 Å². The molecule has 0 spiro atoms. The average molecular weight is 260 g/mol. The van der Waals surface area contributed by atoms with E-state index in [2.05, 4.69) is 6.92 Å². The summed E-state index contributed by atoms with van der Waals surface area (Å²) in [4.78, 5) is 0. The van der Waals surface area contributed by atoms with Crippen LogP contribution in [0.25, 0.3) is 0 Å². The maximum atomic E-state index is 5.81. The van der Waals surface area contributed by atoms with Crippen LogP contribution in [0.4, 0.5) is 0 Å². The van der Waals surface area contributed by atoms with Crippen LogP contribution in [0.2, 0.25) is 0 Å². The summed E-state index contributed by atoms with van der Waals surface area (Å²) in [6, 6.07) is 0. The molecule has 1 aliphatic rings. The van der Waals surface area contributed by atoms with Gasteiger partial charge in [0.2, 0.25) is 0 Å². The first-order valence-electron chi connectivity index (χ1n) is 4.66. The van der Waals surface area contributed by atoms with Gasteiger partial charge in [-0.3, -0.25) is 0 Å². The predicted molar refractivity (Wildman–Crippen MR) is 47.8 cm³/mol. The van der Waals surface area contributed by atoms with E-state index in [0.717, 1.165) is 6.61 Å². The Labute approximate surface area is 83.0 Å². The molecule has 0 N–H and O–H groups in total. The maximum absolute atomic E-state index is 5.81. The minimum absolute atomic E-state index is 0.320. The van der Waals surface area contributed by atoms with Gasteiger partial charge in [0.25, 0.3) is 0 Å². The zero-order chi connectivity index (χ0) is 8.16.